The van der Waals surface area contributed by atoms with E-state index >= 15 is 0 Å². The zero-order valence-corrected chi connectivity index (χ0v) is 40.3. The number of hydrogen-bond acceptors (Lipinski definition) is 7. The van der Waals surface area contributed by atoms with Crippen molar-refractivity contribution in [1.29, 1.82) is 0 Å². The molecule has 0 saturated heterocycles. The first-order chi connectivity index (χ1) is 30.5. The first-order valence-electron chi connectivity index (χ1n) is 24.9. The smallest absolute Gasteiger partial charge is 0.417 e. The predicted octanol–water partition coefficient (Wildman–Crippen LogP) is 14.4. The first-order valence-corrected chi connectivity index (χ1v) is 24.9. The van der Waals surface area contributed by atoms with Gasteiger partial charge in [-0.2, -0.15) is 0 Å². The van der Waals surface area contributed by atoms with Crippen molar-refractivity contribution in [2.24, 2.45) is 23.7 Å². The topological polar surface area (TPSA) is 99.2 Å². The highest BCUT2D eigenvalue weighted by molar-refractivity contribution is 6.41. The number of nitrogens with one attached hydrogen (secondary N) is 1. The van der Waals surface area contributed by atoms with Crippen LogP contribution in [0.5, 0.6) is 5.75 Å². The van der Waals surface area contributed by atoms with Crippen LogP contribution in [-0.4, -0.2) is 53.8 Å². The van der Waals surface area contributed by atoms with Crippen LogP contribution in [-0.2, 0) is 9.59 Å². The van der Waals surface area contributed by atoms with Crippen molar-refractivity contribution in [3.63, 3.8) is 0 Å². The van der Waals surface area contributed by atoms with Crippen LogP contribution in [0, 0.1) is 23.7 Å². The van der Waals surface area contributed by atoms with Gasteiger partial charge in [0.1, 0.15) is 11.5 Å². The van der Waals surface area contributed by atoms with Crippen molar-refractivity contribution in [3.05, 3.63) is 94.9 Å². The predicted molar refractivity (Wildman–Crippen MR) is 263 cm³/mol. The van der Waals surface area contributed by atoms with E-state index in [9.17, 15) is 19.5 Å². The van der Waals surface area contributed by atoms with Crippen molar-refractivity contribution in [2.75, 3.05) is 36.4 Å². The van der Waals surface area contributed by atoms with E-state index < -0.39 is 11.9 Å². The lowest BCUT2D eigenvalue weighted by atomic mass is 9.79. The molecular weight excluding hydrogens is 783 g/mol. The summed E-state index contributed by atoms with van der Waals surface area (Å²) in [5.41, 5.74) is 2.89. The van der Waals surface area contributed by atoms with Crippen LogP contribution in [0.2, 0.25) is 0 Å². The van der Waals surface area contributed by atoms with Gasteiger partial charge in [-0.25, -0.2) is 4.79 Å². The summed E-state index contributed by atoms with van der Waals surface area (Å²) in [6, 6.07) is 14.7. The Morgan fingerprint density at radius 2 is 1.13 bits per heavy atom. The first kappa shape index (κ1) is 51.0. The molecular formula is C55H81N3O5. The lowest BCUT2D eigenvalue weighted by molar-refractivity contribution is -0.114. The average Bonchev–Trinajstić information content (AvgIpc) is 3.29. The summed E-state index contributed by atoms with van der Waals surface area (Å²) in [5.74, 6) is 1.23. The van der Waals surface area contributed by atoms with Gasteiger partial charge in [0.2, 0.25) is 5.78 Å². The minimum absolute atomic E-state index is 0.00525. The molecule has 346 valence electrons. The van der Waals surface area contributed by atoms with Gasteiger partial charge in [-0.05, 0) is 85.8 Å². The molecule has 0 bridgehead atoms. The highest BCUT2D eigenvalue weighted by atomic mass is 16.6. The summed E-state index contributed by atoms with van der Waals surface area (Å²) >= 11 is 0. The number of aliphatic hydroxyl groups excluding tert-OH is 1. The molecule has 2 aliphatic rings. The van der Waals surface area contributed by atoms with Crippen LogP contribution in [0.1, 0.15) is 164 Å². The second-order valence-corrected chi connectivity index (χ2v) is 18.1. The molecule has 4 atom stereocenters. The average molecular weight is 864 g/mol. The number of Topliss-reactive ketones (excluding diaryl/α,β-unsaturated/α-hetero) is 1. The standard InChI is InChI=1S/C55H81N3O5/c1-9-17-24-40(13-5)36-57(37-41(14-6)25-18-10-2)45-30-32-47(49(59)34-45)51-53(60)52(54(51)61)48-33-31-46(35-50(48)63-55(62)56-44-28-22-21-23-29-44)58(38-42(15-7)26-19-11-3)39-43(16-8)27-20-12-4/h21-23,28-35,40-43,60H,9-20,24-27,36-39H2,1-8H3,(H,56,62). The zero-order chi connectivity index (χ0) is 45.7. The molecule has 2 aliphatic carbocycles. The van der Waals surface area contributed by atoms with Gasteiger partial charge < -0.3 is 19.6 Å². The summed E-state index contributed by atoms with van der Waals surface area (Å²) in [6.07, 6.45) is 22.8. The molecule has 0 fully saturated rings. The molecule has 63 heavy (non-hydrogen) atoms. The normalized spacial score (nSPS) is 16.9. The molecule has 0 aromatic heterocycles. The van der Waals surface area contributed by atoms with Gasteiger partial charge in [-0.1, -0.05) is 151 Å². The monoisotopic (exact) mass is 864 g/mol. The molecule has 0 spiro atoms. The van der Waals surface area contributed by atoms with Crippen LogP contribution in [0.15, 0.2) is 89.4 Å². The van der Waals surface area contributed by atoms with Crippen molar-refractivity contribution < 1.29 is 24.2 Å². The summed E-state index contributed by atoms with van der Waals surface area (Å²) in [6.45, 7) is 21.4. The van der Waals surface area contributed by atoms with E-state index in [4.69, 9.17) is 4.74 Å². The third kappa shape index (κ3) is 14.7. The van der Waals surface area contributed by atoms with Crippen LogP contribution < -0.4 is 15.0 Å². The number of aliphatic hydroxyl groups is 1. The van der Waals surface area contributed by atoms with Crippen LogP contribution in [0.25, 0.3) is 5.57 Å². The molecule has 4 unspecified atom stereocenters. The van der Waals surface area contributed by atoms with E-state index in [0.29, 0.717) is 34.9 Å². The summed E-state index contributed by atoms with van der Waals surface area (Å²) < 4.78 is 6.07. The third-order valence-electron chi connectivity index (χ3n) is 13.4. The van der Waals surface area contributed by atoms with Gasteiger partial charge >= 0.3 is 6.09 Å². The van der Waals surface area contributed by atoms with Crippen molar-refractivity contribution >= 4 is 34.6 Å². The molecule has 0 radical (unpaired) electrons. The van der Waals surface area contributed by atoms with Gasteiger partial charge in [-0.3, -0.25) is 14.9 Å². The number of unbranched alkanes of at least 4 members (excludes halogenated alkanes) is 4. The summed E-state index contributed by atoms with van der Waals surface area (Å²) in [4.78, 5) is 46.6. The minimum Gasteiger partial charge on any atom is -0.506 e. The maximum atomic E-state index is 14.3. The summed E-state index contributed by atoms with van der Waals surface area (Å²) in [7, 11) is 0. The molecule has 2 aromatic carbocycles. The second kappa shape index (κ2) is 26.9. The fourth-order valence-electron chi connectivity index (χ4n) is 9.07. The van der Waals surface area contributed by atoms with E-state index in [2.05, 4.69) is 70.5 Å². The number of anilines is 2. The lowest BCUT2D eigenvalue weighted by Gasteiger charge is -2.34. The fraction of sp³-hybridized carbons (Fsp3) is 0.582. The van der Waals surface area contributed by atoms with E-state index in [1.54, 1.807) is 30.4 Å². The Hall–Kier alpha value is -4.59. The number of allylic oxidation sites excluding steroid dienone is 6. The Kier molecular flexibility index (Phi) is 21.8. The molecule has 0 heterocycles. The minimum atomic E-state index is -0.701. The van der Waals surface area contributed by atoms with Gasteiger partial charge in [0.25, 0.3) is 0 Å². The van der Waals surface area contributed by atoms with E-state index in [0.717, 1.165) is 115 Å². The molecule has 0 saturated carbocycles. The van der Waals surface area contributed by atoms with Gasteiger partial charge in [0, 0.05) is 66.5 Å². The molecule has 0 aliphatic heterocycles. The zero-order valence-electron chi connectivity index (χ0n) is 40.3. The van der Waals surface area contributed by atoms with Crippen molar-refractivity contribution in [1.82, 2.24) is 4.90 Å². The van der Waals surface area contributed by atoms with Gasteiger partial charge in [0.15, 0.2) is 5.78 Å². The number of para-hydroxylation sites is 1. The molecule has 8 heteroatoms. The van der Waals surface area contributed by atoms with E-state index in [1.165, 1.54) is 25.7 Å². The number of carbonyl (C=O) groups is 3. The molecule has 8 nitrogen and oxygen atoms in total. The van der Waals surface area contributed by atoms with Crippen LogP contribution in [0.3, 0.4) is 0 Å². The van der Waals surface area contributed by atoms with Gasteiger partial charge in [-0.15, -0.1) is 0 Å². The van der Waals surface area contributed by atoms with Crippen molar-refractivity contribution in [2.45, 2.75) is 158 Å². The second-order valence-electron chi connectivity index (χ2n) is 18.1. The highest BCUT2D eigenvalue weighted by Crippen LogP contribution is 2.44. The molecule has 2 aromatic rings. The Balaban J connectivity index is 1.74. The van der Waals surface area contributed by atoms with Crippen LogP contribution in [0.4, 0.5) is 16.2 Å². The Bertz CT molecular complexity index is 1860. The maximum absolute atomic E-state index is 14.3. The fourth-order valence-corrected chi connectivity index (χ4v) is 9.07. The quantitative estimate of drug-likeness (QED) is 0.0786. The Morgan fingerprint density at radius 3 is 1.57 bits per heavy atom. The maximum Gasteiger partial charge on any atom is 0.417 e. The summed E-state index contributed by atoms with van der Waals surface area (Å²) in [5, 5.41) is 14.6. The number of hydrogen-bond donors (Lipinski definition) is 2. The number of nitrogens with zero attached hydrogens (tertiary/aromatic N) is 2. The number of amides is 1. The number of ether oxygens (including phenoxy) is 1. The molecule has 4 rings (SSSR count). The van der Waals surface area contributed by atoms with E-state index in [-0.39, 0.29) is 34.0 Å². The number of rotatable bonds is 29. The largest absolute Gasteiger partial charge is 0.506 e. The third-order valence-corrected chi connectivity index (χ3v) is 13.4. The number of carbonyl (C=O) groups excluding carboxylic acids is 3. The Morgan fingerprint density at radius 1 is 0.635 bits per heavy atom. The SMILES string of the molecule is CCCCC(CC)CN(CC(CC)CCCC)C1=CC(=O)C(=C2C(=O)C(c3ccc(N(CC(CC)CCCC)CC(CC)CCCC)cc3OC(=O)Nc3ccccc3)=C2O)C=C1. The van der Waals surface area contributed by atoms with Crippen molar-refractivity contribution in [3.8, 4) is 5.75 Å². The van der Waals surface area contributed by atoms with Crippen LogP contribution >= 0.6 is 0 Å². The highest BCUT2D eigenvalue weighted by Gasteiger charge is 2.40. The Labute approximate surface area is 381 Å². The number of benzene rings is 2. The molecule has 2 N–H and O–H groups in total. The number of ketones is 2. The molecule has 1 amide bonds. The van der Waals surface area contributed by atoms with E-state index in [1.807, 2.05) is 36.4 Å². The lowest BCUT2D eigenvalue weighted by Crippen LogP contribution is -2.34. The van der Waals surface area contributed by atoms with Gasteiger partial charge in [0.05, 0.1) is 11.1 Å².